The summed E-state index contributed by atoms with van der Waals surface area (Å²) in [4.78, 5) is 21.3. The molecule has 4 aromatic rings. The van der Waals surface area contributed by atoms with Gasteiger partial charge in [-0.2, -0.15) is 0 Å². The summed E-state index contributed by atoms with van der Waals surface area (Å²) in [5.41, 5.74) is 7.86. The van der Waals surface area contributed by atoms with E-state index in [1.54, 1.807) is 22.7 Å². The molecule has 0 unspecified atom stereocenters. The van der Waals surface area contributed by atoms with Crippen molar-refractivity contribution in [1.82, 2.24) is 19.7 Å². The van der Waals surface area contributed by atoms with Gasteiger partial charge in [0.1, 0.15) is 17.4 Å². The number of carbonyl (C=O) groups excluding carboxylic acids is 1. The number of nitrogens with zero attached hydrogens (tertiary/aromatic N) is 3. The number of hydrogen-bond donors (Lipinski definition) is 3. The highest BCUT2D eigenvalue weighted by molar-refractivity contribution is 5.96. The highest BCUT2D eigenvalue weighted by Crippen LogP contribution is 2.32. The van der Waals surface area contributed by atoms with Crippen molar-refractivity contribution in [2.24, 2.45) is 5.73 Å². The van der Waals surface area contributed by atoms with Crippen LogP contribution >= 0.6 is 12.4 Å². The Hall–Kier alpha value is -3.80. The molecule has 38 heavy (non-hydrogen) atoms. The van der Waals surface area contributed by atoms with Crippen LogP contribution in [0.15, 0.2) is 48.9 Å². The second-order valence-corrected chi connectivity index (χ2v) is 8.09. The molecule has 0 aliphatic carbocycles. The molecule has 0 bridgehead atoms. The Balaban J connectivity index is 0.00000400. The fourth-order valence-corrected chi connectivity index (χ4v) is 3.94. The number of fused-ring (bicyclic) bond motifs is 1. The lowest BCUT2D eigenvalue weighted by Gasteiger charge is -2.13. The van der Waals surface area contributed by atoms with E-state index in [-0.39, 0.29) is 35.3 Å². The maximum Gasteiger partial charge on any atom is 0.251 e. The van der Waals surface area contributed by atoms with E-state index in [1.807, 2.05) is 13.0 Å². The fraction of sp³-hybridized carbons (Fsp3) is 0.269. The molecule has 4 rings (SSSR count). The molecule has 4 N–H and O–H groups in total. The van der Waals surface area contributed by atoms with E-state index in [0.717, 1.165) is 17.7 Å². The molecule has 12 heteroatoms. The van der Waals surface area contributed by atoms with E-state index < -0.39 is 11.6 Å². The number of halogens is 3. The van der Waals surface area contributed by atoms with Crippen molar-refractivity contribution in [3.05, 3.63) is 71.7 Å². The van der Waals surface area contributed by atoms with Gasteiger partial charge in [0.25, 0.3) is 5.91 Å². The van der Waals surface area contributed by atoms with Crippen LogP contribution in [0, 0.1) is 11.6 Å². The Morgan fingerprint density at radius 3 is 2.58 bits per heavy atom. The van der Waals surface area contributed by atoms with Crippen molar-refractivity contribution < 1.29 is 23.0 Å². The van der Waals surface area contributed by atoms with E-state index in [1.165, 1.54) is 19.5 Å². The summed E-state index contributed by atoms with van der Waals surface area (Å²) < 4.78 is 41.2. The third-order valence-corrected chi connectivity index (χ3v) is 5.72. The smallest absolute Gasteiger partial charge is 0.251 e. The lowest BCUT2D eigenvalue weighted by molar-refractivity contribution is 0.0919. The van der Waals surface area contributed by atoms with Crippen LogP contribution in [-0.2, 0) is 11.2 Å². The highest BCUT2D eigenvalue weighted by Gasteiger charge is 2.19. The Bertz CT molecular complexity index is 1390. The summed E-state index contributed by atoms with van der Waals surface area (Å²) in [6.07, 6.45) is 5.10. The average molecular weight is 547 g/mol. The molecule has 2 aromatic heterocycles. The minimum Gasteiger partial charge on any atom is -0.497 e. The number of hydrogen-bond acceptors (Lipinski definition) is 7. The van der Waals surface area contributed by atoms with Gasteiger partial charge in [-0.15, -0.1) is 12.4 Å². The Morgan fingerprint density at radius 2 is 1.89 bits per heavy atom. The molecule has 0 spiro atoms. The number of benzene rings is 2. The first-order valence-corrected chi connectivity index (χ1v) is 11.8. The quantitative estimate of drug-likeness (QED) is 0.242. The first kappa shape index (κ1) is 28.8. The Morgan fingerprint density at radius 1 is 1.13 bits per heavy atom. The average Bonchev–Trinajstić information content (AvgIpc) is 3.32. The number of nitrogens with one attached hydrogen (secondary N) is 2. The molecule has 202 valence electrons. The highest BCUT2D eigenvalue weighted by atomic mass is 35.5. The van der Waals surface area contributed by atoms with Crippen molar-refractivity contribution in [3.63, 3.8) is 0 Å². The minimum absolute atomic E-state index is 0. The number of methoxy groups -OCH3 is 1. The van der Waals surface area contributed by atoms with E-state index >= 15 is 0 Å². The standard InChI is InChI=1S/C26H28F2N6O3.ClH/c1-3-16-12-17(4-5-19(16)26(35)31-8-11-37-10-6-29)33-24-25-32-15-22(34(25)9-7-30-24)23-20(27)13-18(36-2)14-21(23)28;/h4-5,7,9,12-15H,3,6,8,10-11,29H2,1-2H3,(H,30,33)(H,31,35);1H. The van der Waals surface area contributed by atoms with Gasteiger partial charge in [0, 0.05) is 48.9 Å². The van der Waals surface area contributed by atoms with Crippen molar-refractivity contribution >= 4 is 35.5 Å². The van der Waals surface area contributed by atoms with Gasteiger partial charge < -0.3 is 25.8 Å². The van der Waals surface area contributed by atoms with E-state index in [4.69, 9.17) is 15.2 Å². The summed E-state index contributed by atoms with van der Waals surface area (Å²) in [6, 6.07) is 7.59. The van der Waals surface area contributed by atoms with E-state index in [0.29, 0.717) is 55.4 Å². The zero-order valence-corrected chi connectivity index (χ0v) is 21.8. The molecule has 0 fully saturated rings. The van der Waals surface area contributed by atoms with Gasteiger partial charge in [0.15, 0.2) is 11.5 Å². The summed E-state index contributed by atoms with van der Waals surface area (Å²) >= 11 is 0. The number of anilines is 2. The summed E-state index contributed by atoms with van der Waals surface area (Å²) in [5, 5.41) is 6.04. The van der Waals surface area contributed by atoms with Gasteiger partial charge in [-0.05, 0) is 30.2 Å². The molecular formula is C26H29ClF2N6O3. The molecule has 2 heterocycles. The van der Waals surface area contributed by atoms with Crippen molar-refractivity contribution in [2.45, 2.75) is 13.3 Å². The first-order valence-electron chi connectivity index (χ1n) is 11.8. The predicted molar refractivity (Wildman–Crippen MR) is 143 cm³/mol. The maximum atomic E-state index is 14.7. The number of imidazole rings is 1. The van der Waals surface area contributed by atoms with Crippen LogP contribution in [0.3, 0.4) is 0 Å². The molecule has 0 aliphatic heterocycles. The molecule has 0 saturated heterocycles. The van der Waals surface area contributed by atoms with Crippen LogP contribution in [0.2, 0.25) is 0 Å². The van der Waals surface area contributed by atoms with Crippen molar-refractivity contribution in [3.8, 4) is 17.0 Å². The van der Waals surface area contributed by atoms with E-state index in [9.17, 15) is 13.6 Å². The number of aryl methyl sites for hydroxylation is 1. The molecule has 2 aromatic carbocycles. The molecule has 0 radical (unpaired) electrons. The third kappa shape index (κ3) is 6.18. The number of rotatable bonds is 11. The Labute approximate surface area is 224 Å². The second kappa shape index (κ2) is 13.1. The van der Waals surface area contributed by atoms with E-state index in [2.05, 4.69) is 20.6 Å². The number of aromatic nitrogens is 3. The Kier molecular flexibility index (Phi) is 9.94. The zero-order valence-electron chi connectivity index (χ0n) is 21.0. The maximum absolute atomic E-state index is 14.7. The molecule has 0 aliphatic rings. The minimum atomic E-state index is -0.766. The van der Waals surface area contributed by atoms with Crippen LogP contribution in [0.1, 0.15) is 22.8 Å². The molecule has 9 nitrogen and oxygen atoms in total. The van der Waals surface area contributed by atoms with Crippen LogP contribution in [-0.4, -0.2) is 53.7 Å². The number of amides is 1. The van der Waals surface area contributed by atoms with Gasteiger partial charge in [0.2, 0.25) is 0 Å². The SMILES string of the molecule is CCc1cc(Nc2nccn3c(-c4c(F)cc(OC)cc4F)cnc23)ccc1C(=O)NCCOCCN.Cl. The zero-order chi connectivity index (χ0) is 26.4. The summed E-state index contributed by atoms with van der Waals surface area (Å²) in [6.45, 7) is 3.60. The fourth-order valence-electron chi connectivity index (χ4n) is 3.94. The molecule has 1 amide bonds. The van der Waals surface area contributed by atoms with Crippen LogP contribution in [0.25, 0.3) is 16.9 Å². The lowest BCUT2D eigenvalue weighted by atomic mass is 10.0. The number of nitrogens with two attached hydrogens (primary N) is 1. The first-order chi connectivity index (χ1) is 18.0. The number of carbonyl (C=O) groups is 1. The van der Waals surface area contributed by atoms with Crippen LogP contribution < -0.4 is 21.1 Å². The summed E-state index contributed by atoms with van der Waals surface area (Å²) in [5.74, 6) is -1.25. The lowest BCUT2D eigenvalue weighted by Crippen LogP contribution is -2.28. The van der Waals surface area contributed by atoms with Crippen molar-refractivity contribution in [1.29, 1.82) is 0 Å². The topological polar surface area (TPSA) is 116 Å². The van der Waals surface area contributed by atoms with Gasteiger partial charge >= 0.3 is 0 Å². The summed E-state index contributed by atoms with van der Waals surface area (Å²) in [7, 11) is 1.34. The normalized spacial score (nSPS) is 10.8. The van der Waals surface area contributed by atoms with Gasteiger partial charge in [-0.3, -0.25) is 9.20 Å². The van der Waals surface area contributed by atoms with Crippen LogP contribution in [0.5, 0.6) is 5.75 Å². The number of ether oxygens (including phenoxy) is 2. The van der Waals surface area contributed by atoms with Crippen LogP contribution in [0.4, 0.5) is 20.3 Å². The largest absolute Gasteiger partial charge is 0.497 e. The van der Waals surface area contributed by atoms with Gasteiger partial charge in [-0.1, -0.05) is 6.92 Å². The third-order valence-electron chi connectivity index (χ3n) is 5.72. The monoisotopic (exact) mass is 546 g/mol. The molecule has 0 saturated carbocycles. The van der Waals surface area contributed by atoms with Gasteiger partial charge in [0.05, 0.1) is 37.8 Å². The molecule has 0 atom stereocenters. The molecular weight excluding hydrogens is 518 g/mol. The van der Waals surface area contributed by atoms with Gasteiger partial charge in [-0.25, -0.2) is 18.7 Å². The second-order valence-electron chi connectivity index (χ2n) is 8.09. The predicted octanol–water partition coefficient (Wildman–Crippen LogP) is 4.12. The van der Waals surface area contributed by atoms with Crippen molar-refractivity contribution in [2.75, 3.05) is 38.7 Å².